The number of aryl methyl sites for hydroxylation is 1. The Morgan fingerprint density at radius 2 is 1.92 bits per heavy atom. The lowest BCUT2D eigenvalue weighted by Crippen LogP contribution is -2.49. The van der Waals surface area contributed by atoms with Gasteiger partial charge in [-0.2, -0.15) is 0 Å². The fourth-order valence-corrected chi connectivity index (χ4v) is 2.91. The third-order valence-corrected chi connectivity index (χ3v) is 4.31. The fraction of sp³-hybridized carbons (Fsp3) is 0.333. The van der Waals surface area contributed by atoms with Gasteiger partial charge in [-0.25, -0.2) is 4.79 Å². The molecule has 0 aliphatic carbocycles. The minimum atomic E-state index is -0.626. The van der Waals surface area contributed by atoms with Crippen LogP contribution in [-0.2, 0) is 9.53 Å². The number of carbonyl (C=O) groups excluding carboxylic acids is 2. The summed E-state index contributed by atoms with van der Waals surface area (Å²) in [5, 5.41) is 0.691. The Balaban J connectivity index is 1.47. The Bertz CT molecular complexity index is 766. The largest absolute Gasteiger partial charge is 0.454 e. The molecule has 132 valence electrons. The van der Waals surface area contributed by atoms with E-state index in [1.54, 1.807) is 17.9 Å². The number of ether oxygens (including phenoxy) is 1. The minimum absolute atomic E-state index is 0.107. The van der Waals surface area contributed by atoms with Gasteiger partial charge < -0.3 is 19.0 Å². The predicted octanol–water partition coefficient (Wildman–Crippen LogP) is 2.75. The van der Waals surface area contributed by atoms with Crippen molar-refractivity contribution in [1.29, 1.82) is 0 Å². The number of rotatable bonds is 4. The highest BCUT2D eigenvalue weighted by Gasteiger charge is 2.23. The Hall–Kier alpha value is -2.47. The molecule has 0 saturated carbocycles. The van der Waals surface area contributed by atoms with Crippen molar-refractivity contribution in [3.05, 3.63) is 52.9 Å². The van der Waals surface area contributed by atoms with Crippen LogP contribution >= 0.6 is 11.6 Å². The van der Waals surface area contributed by atoms with E-state index in [1.807, 2.05) is 24.3 Å². The maximum absolute atomic E-state index is 12.2. The van der Waals surface area contributed by atoms with Gasteiger partial charge in [-0.1, -0.05) is 17.7 Å². The standard InChI is InChI=1S/C18H19ClN2O4/c1-13-5-6-16(25-13)18(23)24-12-17(22)21-9-7-20(8-10-21)15-4-2-3-14(19)11-15/h2-6,11H,7-10,12H2,1H3. The smallest absolute Gasteiger partial charge is 0.374 e. The molecule has 25 heavy (non-hydrogen) atoms. The molecule has 2 heterocycles. The second kappa shape index (κ2) is 7.61. The first-order valence-electron chi connectivity index (χ1n) is 8.05. The van der Waals surface area contributed by atoms with Crippen molar-refractivity contribution in [3.8, 4) is 0 Å². The molecule has 1 saturated heterocycles. The number of esters is 1. The monoisotopic (exact) mass is 362 g/mol. The van der Waals surface area contributed by atoms with Gasteiger partial charge in [0.15, 0.2) is 6.61 Å². The molecular weight excluding hydrogens is 344 g/mol. The quantitative estimate of drug-likeness (QED) is 0.782. The molecule has 0 atom stereocenters. The Kier molecular flexibility index (Phi) is 5.28. The minimum Gasteiger partial charge on any atom is -0.454 e. The van der Waals surface area contributed by atoms with Crippen molar-refractivity contribution < 1.29 is 18.7 Å². The zero-order valence-corrected chi connectivity index (χ0v) is 14.7. The predicted molar refractivity (Wildman–Crippen MR) is 94.0 cm³/mol. The SMILES string of the molecule is Cc1ccc(C(=O)OCC(=O)N2CCN(c3cccc(Cl)c3)CC2)o1. The number of anilines is 1. The second-order valence-corrected chi connectivity index (χ2v) is 6.27. The average molecular weight is 363 g/mol. The first-order chi connectivity index (χ1) is 12.0. The molecule has 1 amide bonds. The van der Waals surface area contributed by atoms with Crippen LogP contribution in [0.1, 0.15) is 16.3 Å². The maximum atomic E-state index is 12.2. The molecule has 1 aliphatic heterocycles. The van der Waals surface area contributed by atoms with E-state index < -0.39 is 5.97 Å². The number of furan rings is 1. The van der Waals surface area contributed by atoms with E-state index in [2.05, 4.69) is 4.90 Å². The van der Waals surface area contributed by atoms with Crippen molar-refractivity contribution in [1.82, 2.24) is 4.90 Å². The van der Waals surface area contributed by atoms with Crippen LogP contribution in [0.4, 0.5) is 5.69 Å². The third-order valence-electron chi connectivity index (χ3n) is 4.07. The van der Waals surface area contributed by atoms with Crippen LogP contribution in [0, 0.1) is 6.92 Å². The van der Waals surface area contributed by atoms with Crippen molar-refractivity contribution in [2.75, 3.05) is 37.7 Å². The zero-order chi connectivity index (χ0) is 17.8. The Labute approximate surface area is 150 Å². The number of halogens is 1. The van der Waals surface area contributed by atoms with Gasteiger partial charge in [0.1, 0.15) is 5.76 Å². The number of carbonyl (C=O) groups is 2. The van der Waals surface area contributed by atoms with Gasteiger partial charge in [0.05, 0.1) is 0 Å². The zero-order valence-electron chi connectivity index (χ0n) is 13.9. The van der Waals surface area contributed by atoms with Gasteiger partial charge in [-0.15, -0.1) is 0 Å². The molecule has 1 fully saturated rings. The first kappa shape index (κ1) is 17.4. The highest BCUT2D eigenvalue weighted by Crippen LogP contribution is 2.20. The molecule has 3 rings (SSSR count). The van der Waals surface area contributed by atoms with Gasteiger partial charge in [0.2, 0.25) is 5.76 Å². The summed E-state index contributed by atoms with van der Waals surface area (Å²) in [4.78, 5) is 27.9. The average Bonchev–Trinajstić information content (AvgIpc) is 3.06. The lowest BCUT2D eigenvalue weighted by atomic mass is 10.2. The molecule has 1 aromatic heterocycles. The molecule has 1 aliphatic rings. The van der Waals surface area contributed by atoms with Gasteiger partial charge in [0.25, 0.3) is 5.91 Å². The molecule has 6 nitrogen and oxygen atoms in total. The van der Waals surface area contributed by atoms with E-state index in [9.17, 15) is 9.59 Å². The summed E-state index contributed by atoms with van der Waals surface area (Å²) in [5.41, 5.74) is 1.04. The highest BCUT2D eigenvalue weighted by atomic mass is 35.5. The number of nitrogens with zero attached hydrogens (tertiary/aromatic N) is 2. The summed E-state index contributed by atoms with van der Waals surface area (Å²) in [6.45, 7) is 4.01. The normalized spacial score (nSPS) is 14.5. The van der Waals surface area contributed by atoms with Gasteiger partial charge in [-0.3, -0.25) is 4.79 Å². The molecular formula is C18H19ClN2O4. The molecule has 0 unspecified atom stereocenters. The Morgan fingerprint density at radius 3 is 2.56 bits per heavy atom. The first-order valence-corrected chi connectivity index (χ1v) is 8.42. The van der Waals surface area contributed by atoms with Gasteiger partial charge in [0, 0.05) is 36.9 Å². The summed E-state index contributed by atoms with van der Waals surface area (Å²) in [6, 6.07) is 10.9. The number of hydrogen-bond donors (Lipinski definition) is 0. The van der Waals surface area contributed by atoms with Crippen molar-refractivity contribution in [3.63, 3.8) is 0 Å². The summed E-state index contributed by atoms with van der Waals surface area (Å²) in [5.74, 6) is -0.104. The van der Waals surface area contributed by atoms with E-state index in [0.29, 0.717) is 37.0 Å². The van der Waals surface area contributed by atoms with Crippen LogP contribution in [0.5, 0.6) is 0 Å². The molecule has 1 aromatic carbocycles. The topological polar surface area (TPSA) is 63.0 Å². The summed E-state index contributed by atoms with van der Waals surface area (Å²) in [7, 11) is 0. The molecule has 2 aromatic rings. The summed E-state index contributed by atoms with van der Waals surface area (Å²) in [6.07, 6.45) is 0. The van der Waals surface area contributed by atoms with E-state index in [4.69, 9.17) is 20.8 Å². The van der Waals surface area contributed by atoms with Crippen molar-refractivity contribution >= 4 is 29.2 Å². The summed E-state index contributed by atoms with van der Waals surface area (Å²) < 4.78 is 10.2. The number of benzene rings is 1. The third kappa shape index (κ3) is 4.33. The van der Waals surface area contributed by atoms with Crippen LogP contribution in [-0.4, -0.2) is 49.6 Å². The highest BCUT2D eigenvalue weighted by molar-refractivity contribution is 6.30. The lowest BCUT2D eigenvalue weighted by Gasteiger charge is -2.36. The number of hydrogen-bond acceptors (Lipinski definition) is 5. The van der Waals surface area contributed by atoms with E-state index in [0.717, 1.165) is 5.69 Å². The molecule has 0 spiro atoms. The number of amides is 1. The van der Waals surface area contributed by atoms with E-state index in [-0.39, 0.29) is 18.3 Å². The number of piperazine rings is 1. The molecule has 0 N–H and O–H groups in total. The van der Waals surface area contributed by atoms with Crippen LogP contribution in [0.3, 0.4) is 0 Å². The second-order valence-electron chi connectivity index (χ2n) is 5.83. The lowest BCUT2D eigenvalue weighted by molar-refractivity contribution is -0.134. The molecule has 7 heteroatoms. The molecule has 0 radical (unpaired) electrons. The van der Waals surface area contributed by atoms with Crippen LogP contribution in [0.15, 0.2) is 40.8 Å². The molecule has 0 bridgehead atoms. The maximum Gasteiger partial charge on any atom is 0.374 e. The van der Waals surface area contributed by atoms with Gasteiger partial charge in [-0.05, 0) is 37.3 Å². The van der Waals surface area contributed by atoms with Crippen LogP contribution in [0.2, 0.25) is 5.02 Å². The fourth-order valence-electron chi connectivity index (χ4n) is 2.72. The van der Waals surface area contributed by atoms with Crippen LogP contribution in [0.25, 0.3) is 0 Å². The van der Waals surface area contributed by atoms with E-state index >= 15 is 0 Å². The Morgan fingerprint density at radius 1 is 1.16 bits per heavy atom. The van der Waals surface area contributed by atoms with E-state index in [1.165, 1.54) is 6.07 Å². The van der Waals surface area contributed by atoms with Crippen LogP contribution < -0.4 is 4.90 Å². The van der Waals surface area contributed by atoms with Gasteiger partial charge >= 0.3 is 5.97 Å². The van der Waals surface area contributed by atoms with Crippen molar-refractivity contribution in [2.45, 2.75) is 6.92 Å². The van der Waals surface area contributed by atoms with Crippen molar-refractivity contribution in [2.24, 2.45) is 0 Å². The summed E-state index contributed by atoms with van der Waals surface area (Å²) >= 11 is 6.02.